The van der Waals surface area contributed by atoms with Gasteiger partial charge in [0, 0.05) is 0 Å². The third-order valence-corrected chi connectivity index (χ3v) is 1.09. The number of hydrogen-bond donors (Lipinski definition) is 0. The predicted octanol–water partition coefficient (Wildman–Crippen LogP) is 3.25. The molecule has 0 heterocycles. The fourth-order valence-corrected chi connectivity index (χ4v) is 0.582. The maximum atomic E-state index is 3.67. The van der Waals surface area contributed by atoms with E-state index in [1.807, 2.05) is 18.2 Å². The van der Waals surface area contributed by atoms with Gasteiger partial charge in [0.2, 0.25) is 0 Å². The Bertz CT molecular complexity index is 159. The molecule has 0 N–H and O–H groups in total. The summed E-state index contributed by atoms with van der Waals surface area (Å²) in [5.74, 6) is 0. The summed E-state index contributed by atoms with van der Waals surface area (Å²) in [6, 6.07) is 0. The summed E-state index contributed by atoms with van der Waals surface area (Å²) in [5, 5.41) is 0. The molecule has 0 spiro atoms. The summed E-state index contributed by atoms with van der Waals surface area (Å²) in [5.41, 5.74) is 1.11. The van der Waals surface area contributed by atoms with Gasteiger partial charge in [0.1, 0.15) is 0 Å². The lowest BCUT2D eigenvalue weighted by molar-refractivity contribution is 1.22. The van der Waals surface area contributed by atoms with Gasteiger partial charge in [-0.05, 0) is 12.0 Å². The zero-order chi connectivity index (χ0) is 7.82. The molecule has 0 amide bonds. The molecule has 0 aromatic heterocycles. The summed E-state index contributed by atoms with van der Waals surface area (Å²) in [4.78, 5) is 0. The number of allylic oxidation sites excluding steroid dienone is 6. The van der Waals surface area contributed by atoms with Gasteiger partial charge in [-0.25, -0.2) is 0 Å². The normalized spacial score (nSPS) is 11.9. The highest BCUT2D eigenvalue weighted by atomic mass is 13.8. The second-order valence-corrected chi connectivity index (χ2v) is 1.92. The van der Waals surface area contributed by atoms with Crippen molar-refractivity contribution in [2.45, 2.75) is 13.3 Å². The molecule has 0 saturated heterocycles. The van der Waals surface area contributed by atoms with Crippen LogP contribution in [-0.4, -0.2) is 0 Å². The Hall–Kier alpha value is -1.04. The third kappa shape index (κ3) is 3.90. The average molecular weight is 134 g/mol. The van der Waals surface area contributed by atoms with E-state index in [1.54, 1.807) is 6.08 Å². The van der Waals surface area contributed by atoms with Crippen LogP contribution in [0.3, 0.4) is 0 Å². The Morgan fingerprint density at radius 1 is 1.40 bits per heavy atom. The first-order chi connectivity index (χ1) is 4.85. The van der Waals surface area contributed by atoms with Crippen LogP contribution in [0.15, 0.2) is 49.1 Å². The Labute approximate surface area is 63.3 Å². The van der Waals surface area contributed by atoms with Crippen molar-refractivity contribution in [2.24, 2.45) is 0 Å². The lowest BCUT2D eigenvalue weighted by atomic mass is 10.2. The van der Waals surface area contributed by atoms with Gasteiger partial charge in [-0.2, -0.15) is 0 Å². The van der Waals surface area contributed by atoms with Crippen LogP contribution in [-0.2, 0) is 0 Å². The molecular weight excluding hydrogens is 120 g/mol. The van der Waals surface area contributed by atoms with E-state index >= 15 is 0 Å². The van der Waals surface area contributed by atoms with Gasteiger partial charge >= 0.3 is 0 Å². The van der Waals surface area contributed by atoms with Gasteiger partial charge < -0.3 is 0 Å². The predicted molar refractivity (Wildman–Crippen MR) is 47.9 cm³/mol. The molecule has 0 aliphatic heterocycles. The SMILES string of the molecule is C=C/C=C(C=C)\C=C/CC. The van der Waals surface area contributed by atoms with Crippen molar-refractivity contribution in [1.29, 1.82) is 0 Å². The second-order valence-electron chi connectivity index (χ2n) is 1.92. The van der Waals surface area contributed by atoms with Gasteiger partial charge in [-0.3, -0.25) is 0 Å². The maximum Gasteiger partial charge on any atom is -0.0266 e. The van der Waals surface area contributed by atoms with E-state index in [0.29, 0.717) is 0 Å². The van der Waals surface area contributed by atoms with E-state index in [0.717, 1.165) is 12.0 Å². The highest BCUT2D eigenvalue weighted by molar-refractivity contribution is 5.31. The molecule has 0 saturated carbocycles. The lowest BCUT2D eigenvalue weighted by Crippen LogP contribution is -1.67. The largest absolute Gasteiger partial charge is 0.0990 e. The molecular formula is C10H14. The first-order valence-electron chi connectivity index (χ1n) is 3.46. The minimum atomic E-state index is 1.06. The van der Waals surface area contributed by atoms with E-state index in [9.17, 15) is 0 Å². The zero-order valence-corrected chi connectivity index (χ0v) is 6.51. The van der Waals surface area contributed by atoms with E-state index < -0.39 is 0 Å². The molecule has 0 aliphatic carbocycles. The van der Waals surface area contributed by atoms with Crippen LogP contribution in [0.1, 0.15) is 13.3 Å². The molecule has 0 unspecified atom stereocenters. The number of rotatable bonds is 4. The minimum Gasteiger partial charge on any atom is -0.0990 e. The van der Waals surface area contributed by atoms with Crippen molar-refractivity contribution in [1.82, 2.24) is 0 Å². The second kappa shape index (κ2) is 6.09. The quantitative estimate of drug-likeness (QED) is 0.518. The van der Waals surface area contributed by atoms with E-state index in [-0.39, 0.29) is 0 Å². The van der Waals surface area contributed by atoms with Crippen molar-refractivity contribution in [2.75, 3.05) is 0 Å². The Balaban J connectivity index is 4.07. The van der Waals surface area contributed by atoms with Crippen LogP contribution in [0.4, 0.5) is 0 Å². The molecule has 0 aromatic carbocycles. The summed E-state index contributed by atoms with van der Waals surface area (Å²) < 4.78 is 0. The molecule has 0 radical (unpaired) electrons. The fourth-order valence-electron chi connectivity index (χ4n) is 0.582. The molecule has 0 nitrogen and oxygen atoms in total. The smallest absolute Gasteiger partial charge is 0.0266 e. The molecule has 0 atom stereocenters. The van der Waals surface area contributed by atoms with E-state index in [4.69, 9.17) is 0 Å². The first-order valence-corrected chi connectivity index (χ1v) is 3.46. The van der Waals surface area contributed by atoms with Crippen molar-refractivity contribution in [3.05, 3.63) is 49.1 Å². The van der Waals surface area contributed by atoms with E-state index in [1.165, 1.54) is 0 Å². The van der Waals surface area contributed by atoms with Gasteiger partial charge in [-0.1, -0.05) is 50.5 Å². The molecule has 0 aromatic rings. The van der Waals surface area contributed by atoms with Gasteiger partial charge in [-0.15, -0.1) is 0 Å². The van der Waals surface area contributed by atoms with Gasteiger partial charge in [0.05, 0.1) is 0 Å². The van der Waals surface area contributed by atoms with Crippen LogP contribution in [0, 0.1) is 0 Å². The lowest BCUT2D eigenvalue weighted by Gasteiger charge is -1.87. The van der Waals surface area contributed by atoms with Crippen LogP contribution >= 0.6 is 0 Å². The van der Waals surface area contributed by atoms with Crippen LogP contribution in [0.5, 0.6) is 0 Å². The van der Waals surface area contributed by atoms with Crippen LogP contribution in [0.25, 0.3) is 0 Å². The molecule has 0 aliphatic rings. The molecule has 0 fully saturated rings. The van der Waals surface area contributed by atoms with Crippen molar-refractivity contribution in [3.63, 3.8) is 0 Å². The summed E-state index contributed by atoms with van der Waals surface area (Å²) in [7, 11) is 0. The molecule has 0 bridgehead atoms. The Kier molecular flexibility index (Phi) is 5.45. The number of hydrogen-bond acceptors (Lipinski definition) is 0. The highest BCUT2D eigenvalue weighted by Crippen LogP contribution is 1.98. The summed E-state index contributed by atoms with van der Waals surface area (Å²) >= 11 is 0. The monoisotopic (exact) mass is 134 g/mol. The van der Waals surface area contributed by atoms with E-state index in [2.05, 4.69) is 26.2 Å². The highest BCUT2D eigenvalue weighted by Gasteiger charge is 1.77. The molecule has 0 heteroatoms. The standard InChI is InChI=1S/C10H14/c1-4-7-9-10(6-3)8-5-2/h5-9H,2-4H2,1H3/b9-7-,10-8-. The van der Waals surface area contributed by atoms with Crippen molar-refractivity contribution >= 4 is 0 Å². The Morgan fingerprint density at radius 3 is 2.50 bits per heavy atom. The molecule has 10 heavy (non-hydrogen) atoms. The molecule has 54 valence electrons. The Morgan fingerprint density at radius 2 is 2.10 bits per heavy atom. The zero-order valence-electron chi connectivity index (χ0n) is 6.51. The van der Waals surface area contributed by atoms with Crippen LogP contribution in [0.2, 0.25) is 0 Å². The first kappa shape index (κ1) is 8.96. The molecule has 0 rings (SSSR count). The van der Waals surface area contributed by atoms with Crippen molar-refractivity contribution < 1.29 is 0 Å². The fraction of sp³-hybridized carbons (Fsp3) is 0.200. The van der Waals surface area contributed by atoms with Crippen LogP contribution < -0.4 is 0 Å². The maximum absolute atomic E-state index is 3.67. The van der Waals surface area contributed by atoms with Gasteiger partial charge in [0.25, 0.3) is 0 Å². The minimum absolute atomic E-state index is 1.06. The summed E-state index contributed by atoms with van der Waals surface area (Å²) in [6.07, 6.45) is 10.7. The van der Waals surface area contributed by atoms with Gasteiger partial charge in [0.15, 0.2) is 0 Å². The van der Waals surface area contributed by atoms with Crippen molar-refractivity contribution in [3.8, 4) is 0 Å². The third-order valence-electron chi connectivity index (χ3n) is 1.09. The average Bonchev–Trinajstić information content (AvgIpc) is 1.98. The topological polar surface area (TPSA) is 0 Å². The summed E-state index contributed by atoms with van der Waals surface area (Å²) in [6.45, 7) is 9.37.